The Labute approximate surface area is 162 Å². The van der Waals surface area contributed by atoms with Gasteiger partial charge in [0.05, 0.1) is 10.9 Å². The summed E-state index contributed by atoms with van der Waals surface area (Å²) < 4.78 is 1.89. The van der Waals surface area contributed by atoms with Crippen molar-refractivity contribution in [1.29, 1.82) is 0 Å². The number of hydrogen-bond donors (Lipinski definition) is 1. The fraction of sp³-hybridized carbons (Fsp3) is 0.0417. The summed E-state index contributed by atoms with van der Waals surface area (Å²) in [6.07, 6.45) is 1.88. The zero-order chi connectivity index (χ0) is 19.5. The number of Topliss-reactive ketones (excluding diaryl/α,β-unsaturated/α-hetero) is 1. The van der Waals surface area contributed by atoms with Gasteiger partial charge in [-0.25, -0.2) is 4.79 Å². The lowest BCUT2D eigenvalue weighted by molar-refractivity contribution is -0.671. The Hall–Kier alpha value is -3.79. The Kier molecular flexibility index (Phi) is 4.68. The average molecular weight is 368 g/mol. The number of rotatable bonds is 5. The van der Waals surface area contributed by atoms with E-state index in [1.165, 1.54) is 0 Å². The van der Waals surface area contributed by atoms with Gasteiger partial charge in [0, 0.05) is 17.2 Å². The van der Waals surface area contributed by atoms with E-state index in [0.29, 0.717) is 5.56 Å². The molecular weight excluding hydrogens is 350 g/mol. The standard InChI is InChI=1S/C24H17NO3/c26-22(18-8-2-1-3-9-18)16-25-14-13-17-7-4-5-12-21(17)23(25)19-10-6-11-20(15-19)24(27)28/h1-15H,16H2/p+1. The Morgan fingerprint density at radius 1 is 0.786 bits per heavy atom. The number of benzene rings is 3. The monoisotopic (exact) mass is 368 g/mol. The van der Waals surface area contributed by atoms with Crippen LogP contribution in [0, 0.1) is 0 Å². The Morgan fingerprint density at radius 2 is 1.50 bits per heavy atom. The zero-order valence-electron chi connectivity index (χ0n) is 15.1. The molecule has 4 rings (SSSR count). The van der Waals surface area contributed by atoms with E-state index in [1.807, 2.05) is 65.4 Å². The summed E-state index contributed by atoms with van der Waals surface area (Å²) in [5.74, 6) is -0.981. The molecule has 4 nitrogen and oxygen atoms in total. The number of carbonyl (C=O) groups excluding carboxylic acids is 1. The summed E-state index contributed by atoms with van der Waals surface area (Å²) in [4.78, 5) is 24.2. The fourth-order valence-electron chi connectivity index (χ4n) is 3.38. The lowest BCUT2D eigenvalue weighted by Crippen LogP contribution is -2.40. The number of nitrogens with zero attached hydrogens (tertiary/aromatic N) is 1. The molecule has 0 amide bonds. The molecule has 136 valence electrons. The molecule has 0 fully saturated rings. The van der Waals surface area contributed by atoms with E-state index in [1.54, 1.807) is 30.3 Å². The number of carbonyl (C=O) groups is 2. The van der Waals surface area contributed by atoms with Crippen molar-refractivity contribution >= 4 is 22.5 Å². The number of aromatic carboxylic acids is 1. The molecule has 1 heterocycles. The van der Waals surface area contributed by atoms with Gasteiger partial charge in [-0.05, 0) is 29.7 Å². The Balaban J connectivity index is 1.88. The second-order valence-electron chi connectivity index (χ2n) is 6.55. The highest BCUT2D eigenvalue weighted by molar-refractivity contribution is 5.97. The lowest BCUT2D eigenvalue weighted by atomic mass is 10.0. The van der Waals surface area contributed by atoms with E-state index in [-0.39, 0.29) is 17.9 Å². The van der Waals surface area contributed by atoms with Crippen molar-refractivity contribution in [3.63, 3.8) is 0 Å². The summed E-state index contributed by atoms with van der Waals surface area (Å²) in [5, 5.41) is 11.4. The van der Waals surface area contributed by atoms with Crippen LogP contribution in [0.5, 0.6) is 0 Å². The van der Waals surface area contributed by atoms with Crippen molar-refractivity contribution < 1.29 is 19.3 Å². The zero-order valence-corrected chi connectivity index (χ0v) is 15.1. The molecule has 1 N–H and O–H groups in total. The molecule has 0 aliphatic carbocycles. The normalized spacial score (nSPS) is 10.7. The smallest absolute Gasteiger partial charge is 0.335 e. The molecular formula is C24H18NO3+. The Bertz CT molecular complexity index is 1180. The summed E-state index contributed by atoms with van der Waals surface area (Å²) in [7, 11) is 0. The average Bonchev–Trinajstić information content (AvgIpc) is 2.74. The van der Waals surface area contributed by atoms with Crippen LogP contribution in [0.4, 0.5) is 0 Å². The first-order valence-electron chi connectivity index (χ1n) is 8.96. The molecule has 4 aromatic rings. The topological polar surface area (TPSA) is 58.2 Å². The van der Waals surface area contributed by atoms with Crippen LogP contribution < -0.4 is 4.57 Å². The van der Waals surface area contributed by atoms with E-state index < -0.39 is 5.97 Å². The van der Waals surface area contributed by atoms with E-state index in [4.69, 9.17) is 0 Å². The fourth-order valence-corrected chi connectivity index (χ4v) is 3.38. The van der Waals surface area contributed by atoms with Gasteiger partial charge in [-0.3, -0.25) is 4.79 Å². The predicted octanol–water partition coefficient (Wildman–Crippen LogP) is 4.38. The highest BCUT2D eigenvalue weighted by atomic mass is 16.4. The number of carboxylic acids is 1. The second kappa shape index (κ2) is 7.45. The molecule has 28 heavy (non-hydrogen) atoms. The molecule has 0 aliphatic heterocycles. The van der Waals surface area contributed by atoms with E-state index in [9.17, 15) is 14.7 Å². The lowest BCUT2D eigenvalue weighted by Gasteiger charge is -2.08. The second-order valence-corrected chi connectivity index (χ2v) is 6.55. The molecule has 0 saturated carbocycles. The van der Waals surface area contributed by atoms with E-state index >= 15 is 0 Å². The largest absolute Gasteiger partial charge is 0.478 e. The molecule has 0 unspecified atom stereocenters. The van der Waals surface area contributed by atoms with Crippen molar-refractivity contribution in [2.75, 3.05) is 0 Å². The molecule has 3 aromatic carbocycles. The predicted molar refractivity (Wildman–Crippen MR) is 107 cm³/mol. The van der Waals surface area contributed by atoms with Gasteiger partial charge < -0.3 is 5.11 Å². The number of fused-ring (bicyclic) bond motifs is 1. The maximum atomic E-state index is 12.8. The third-order valence-electron chi connectivity index (χ3n) is 4.73. The van der Waals surface area contributed by atoms with Crippen molar-refractivity contribution in [3.8, 4) is 11.3 Å². The third-order valence-corrected chi connectivity index (χ3v) is 4.73. The SMILES string of the molecule is O=C(O)c1cccc(-c2c3ccccc3cc[n+]2CC(=O)c2ccccc2)c1. The minimum absolute atomic E-state index is 0.00322. The van der Waals surface area contributed by atoms with Gasteiger partial charge in [0.1, 0.15) is 0 Å². The first kappa shape index (κ1) is 17.6. The minimum atomic E-state index is -0.978. The summed E-state index contributed by atoms with van der Waals surface area (Å²) in [6.45, 7) is 0.168. The summed E-state index contributed by atoms with van der Waals surface area (Å²) in [6, 6.07) is 25.8. The quantitative estimate of drug-likeness (QED) is 0.420. The molecule has 1 aromatic heterocycles. The maximum absolute atomic E-state index is 12.8. The number of ketones is 1. The van der Waals surface area contributed by atoms with Gasteiger partial charge in [-0.15, -0.1) is 0 Å². The Morgan fingerprint density at radius 3 is 2.29 bits per heavy atom. The van der Waals surface area contributed by atoms with Gasteiger partial charge in [0.15, 0.2) is 6.20 Å². The maximum Gasteiger partial charge on any atom is 0.335 e. The van der Waals surface area contributed by atoms with Crippen molar-refractivity contribution in [2.45, 2.75) is 6.54 Å². The molecule has 0 bridgehead atoms. The van der Waals surface area contributed by atoms with Crippen LogP contribution in [0.15, 0.2) is 91.1 Å². The summed E-state index contributed by atoms with van der Waals surface area (Å²) in [5.41, 5.74) is 2.45. The van der Waals surface area contributed by atoms with E-state index in [2.05, 4.69) is 0 Å². The van der Waals surface area contributed by atoms with Gasteiger partial charge in [-0.2, -0.15) is 4.57 Å². The van der Waals surface area contributed by atoms with Crippen molar-refractivity contribution in [1.82, 2.24) is 0 Å². The van der Waals surface area contributed by atoms with Crippen LogP contribution in [0.1, 0.15) is 20.7 Å². The van der Waals surface area contributed by atoms with Crippen LogP contribution >= 0.6 is 0 Å². The number of carboxylic acid groups (broad SMARTS) is 1. The molecule has 0 saturated heterocycles. The van der Waals surface area contributed by atoms with Crippen molar-refractivity contribution in [3.05, 3.63) is 102 Å². The molecule has 0 aliphatic rings. The van der Waals surface area contributed by atoms with Gasteiger partial charge in [0.2, 0.25) is 18.0 Å². The van der Waals surface area contributed by atoms with Gasteiger partial charge in [-0.1, -0.05) is 54.6 Å². The number of hydrogen-bond acceptors (Lipinski definition) is 2. The van der Waals surface area contributed by atoms with Gasteiger partial charge >= 0.3 is 5.97 Å². The van der Waals surface area contributed by atoms with E-state index in [0.717, 1.165) is 22.0 Å². The first-order chi connectivity index (χ1) is 13.6. The highest BCUT2D eigenvalue weighted by Gasteiger charge is 2.21. The van der Waals surface area contributed by atoms with Gasteiger partial charge in [0.25, 0.3) is 0 Å². The number of aromatic nitrogens is 1. The summed E-state index contributed by atoms with van der Waals surface area (Å²) >= 11 is 0. The van der Waals surface area contributed by atoms with Crippen LogP contribution in [0.3, 0.4) is 0 Å². The third kappa shape index (κ3) is 3.40. The van der Waals surface area contributed by atoms with Crippen LogP contribution in [-0.4, -0.2) is 16.9 Å². The van der Waals surface area contributed by atoms with Crippen LogP contribution in [0.25, 0.3) is 22.0 Å². The highest BCUT2D eigenvalue weighted by Crippen LogP contribution is 2.26. The van der Waals surface area contributed by atoms with Crippen molar-refractivity contribution in [2.24, 2.45) is 0 Å². The molecule has 0 spiro atoms. The molecule has 0 atom stereocenters. The van der Waals surface area contributed by atoms with Crippen LogP contribution in [0.2, 0.25) is 0 Å². The minimum Gasteiger partial charge on any atom is -0.478 e. The molecule has 4 heteroatoms. The molecule has 0 radical (unpaired) electrons. The number of pyridine rings is 1. The first-order valence-corrected chi connectivity index (χ1v) is 8.96. The van der Waals surface area contributed by atoms with Crippen LogP contribution in [-0.2, 0) is 6.54 Å².